The van der Waals surface area contributed by atoms with Crippen LogP contribution >= 0.6 is 0 Å². The fraction of sp³-hybridized carbons (Fsp3) is 0.133. The number of ether oxygens (including phenoxy) is 1. The standard InChI is InChI=1S/C15H16N2O/c1-12-9-15(8-7-14(12)10-17-16)18-11-13-5-3-2-4-6-13/h2-10H,11,16H2,1H3. The van der Waals surface area contributed by atoms with Gasteiger partial charge in [-0.05, 0) is 41.8 Å². The minimum Gasteiger partial charge on any atom is -0.489 e. The van der Waals surface area contributed by atoms with Crippen molar-refractivity contribution in [2.75, 3.05) is 0 Å². The van der Waals surface area contributed by atoms with E-state index in [9.17, 15) is 0 Å². The number of rotatable bonds is 4. The van der Waals surface area contributed by atoms with Crippen LogP contribution in [0.4, 0.5) is 0 Å². The van der Waals surface area contributed by atoms with Crippen LogP contribution in [0, 0.1) is 6.92 Å². The summed E-state index contributed by atoms with van der Waals surface area (Å²) in [5.74, 6) is 5.99. The fourth-order valence-electron chi connectivity index (χ4n) is 1.70. The summed E-state index contributed by atoms with van der Waals surface area (Å²) in [5, 5.41) is 3.52. The molecule has 2 rings (SSSR count). The van der Waals surface area contributed by atoms with Gasteiger partial charge in [0.05, 0.1) is 6.21 Å². The van der Waals surface area contributed by atoms with Crippen molar-refractivity contribution in [1.29, 1.82) is 0 Å². The van der Waals surface area contributed by atoms with E-state index < -0.39 is 0 Å². The van der Waals surface area contributed by atoms with Crippen LogP contribution in [0.15, 0.2) is 53.6 Å². The molecule has 92 valence electrons. The third-order valence-electron chi connectivity index (χ3n) is 2.70. The van der Waals surface area contributed by atoms with Gasteiger partial charge < -0.3 is 10.6 Å². The molecule has 0 radical (unpaired) electrons. The smallest absolute Gasteiger partial charge is 0.120 e. The van der Waals surface area contributed by atoms with Gasteiger partial charge in [0.25, 0.3) is 0 Å². The molecule has 2 aromatic carbocycles. The second-order valence-corrected chi connectivity index (χ2v) is 4.07. The molecule has 0 amide bonds. The van der Waals surface area contributed by atoms with E-state index >= 15 is 0 Å². The summed E-state index contributed by atoms with van der Waals surface area (Å²) in [7, 11) is 0. The SMILES string of the molecule is Cc1cc(OCc2ccccc2)ccc1C=NN. The van der Waals surface area contributed by atoms with Gasteiger partial charge in [0.15, 0.2) is 0 Å². The van der Waals surface area contributed by atoms with Crippen molar-refractivity contribution in [3.63, 3.8) is 0 Å². The summed E-state index contributed by atoms with van der Waals surface area (Å²) in [6.07, 6.45) is 1.64. The number of benzene rings is 2. The maximum atomic E-state index is 5.73. The van der Waals surface area contributed by atoms with E-state index in [4.69, 9.17) is 10.6 Å². The van der Waals surface area contributed by atoms with Gasteiger partial charge in [-0.25, -0.2) is 0 Å². The van der Waals surface area contributed by atoms with Crippen molar-refractivity contribution in [2.24, 2.45) is 10.9 Å². The third kappa shape index (κ3) is 3.10. The molecule has 3 nitrogen and oxygen atoms in total. The lowest BCUT2D eigenvalue weighted by molar-refractivity contribution is 0.306. The highest BCUT2D eigenvalue weighted by atomic mass is 16.5. The van der Waals surface area contributed by atoms with Crippen LogP contribution in [0.3, 0.4) is 0 Å². The molecule has 0 aliphatic carbocycles. The van der Waals surface area contributed by atoms with E-state index in [1.165, 1.54) is 0 Å². The van der Waals surface area contributed by atoms with E-state index in [0.29, 0.717) is 6.61 Å². The minimum absolute atomic E-state index is 0.574. The Morgan fingerprint density at radius 2 is 1.94 bits per heavy atom. The Morgan fingerprint density at radius 3 is 2.61 bits per heavy atom. The van der Waals surface area contributed by atoms with E-state index in [-0.39, 0.29) is 0 Å². The molecule has 0 unspecified atom stereocenters. The third-order valence-corrected chi connectivity index (χ3v) is 2.70. The lowest BCUT2D eigenvalue weighted by Gasteiger charge is -2.08. The minimum atomic E-state index is 0.574. The second kappa shape index (κ2) is 5.87. The van der Waals surface area contributed by atoms with Crippen molar-refractivity contribution in [3.8, 4) is 5.75 Å². The number of hydrazone groups is 1. The summed E-state index contributed by atoms with van der Waals surface area (Å²) in [5.41, 5.74) is 3.25. The monoisotopic (exact) mass is 240 g/mol. The van der Waals surface area contributed by atoms with Crippen molar-refractivity contribution >= 4 is 6.21 Å². The second-order valence-electron chi connectivity index (χ2n) is 4.07. The highest BCUT2D eigenvalue weighted by Gasteiger charge is 1.99. The van der Waals surface area contributed by atoms with Crippen LogP contribution in [0.5, 0.6) is 5.75 Å². The van der Waals surface area contributed by atoms with Gasteiger partial charge in [0, 0.05) is 0 Å². The first-order valence-corrected chi connectivity index (χ1v) is 5.80. The average molecular weight is 240 g/mol. The van der Waals surface area contributed by atoms with Crippen LogP contribution < -0.4 is 10.6 Å². The summed E-state index contributed by atoms with van der Waals surface area (Å²) < 4.78 is 5.73. The highest BCUT2D eigenvalue weighted by Crippen LogP contribution is 2.17. The van der Waals surface area contributed by atoms with Crippen LogP contribution in [0.2, 0.25) is 0 Å². The van der Waals surface area contributed by atoms with Crippen LogP contribution in [0.25, 0.3) is 0 Å². The summed E-state index contributed by atoms with van der Waals surface area (Å²) >= 11 is 0. The van der Waals surface area contributed by atoms with Crippen molar-refractivity contribution < 1.29 is 4.74 Å². The summed E-state index contributed by atoms with van der Waals surface area (Å²) in [6, 6.07) is 16.0. The zero-order chi connectivity index (χ0) is 12.8. The lowest BCUT2D eigenvalue weighted by Crippen LogP contribution is -1.97. The molecule has 2 aromatic rings. The molecule has 0 atom stereocenters. The Labute approximate surface area is 107 Å². The van der Waals surface area contributed by atoms with Gasteiger partial charge >= 0.3 is 0 Å². The highest BCUT2D eigenvalue weighted by molar-refractivity contribution is 5.81. The Bertz CT molecular complexity index is 535. The predicted molar refractivity (Wildman–Crippen MR) is 73.7 cm³/mol. The fourth-order valence-corrected chi connectivity index (χ4v) is 1.70. The van der Waals surface area contributed by atoms with Gasteiger partial charge in [0.1, 0.15) is 12.4 Å². The molecule has 18 heavy (non-hydrogen) atoms. The van der Waals surface area contributed by atoms with Crippen molar-refractivity contribution in [3.05, 3.63) is 65.2 Å². The zero-order valence-electron chi connectivity index (χ0n) is 10.3. The van der Waals surface area contributed by atoms with Gasteiger partial charge in [0.2, 0.25) is 0 Å². The molecule has 0 fully saturated rings. The first-order chi connectivity index (χ1) is 8.79. The van der Waals surface area contributed by atoms with Crippen molar-refractivity contribution in [2.45, 2.75) is 13.5 Å². The first-order valence-electron chi connectivity index (χ1n) is 5.80. The number of nitrogens with zero attached hydrogens (tertiary/aromatic N) is 1. The number of hydrogen-bond donors (Lipinski definition) is 1. The number of aryl methyl sites for hydroxylation is 1. The maximum absolute atomic E-state index is 5.73. The molecular formula is C15H16N2O. The molecule has 0 aliphatic heterocycles. The molecule has 0 aliphatic rings. The van der Waals surface area contributed by atoms with E-state index in [1.807, 2.05) is 55.5 Å². The topological polar surface area (TPSA) is 47.6 Å². The van der Waals surface area contributed by atoms with E-state index in [0.717, 1.165) is 22.4 Å². The van der Waals surface area contributed by atoms with E-state index in [2.05, 4.69) is 5.10 Å². The van der Waals surface area contributed by atoms with Gasteiger partial charge in [-0.15, -0.1) is 0 Å². The van der Waals surface area contributed by atoms with Crippen LogP contribution in [-0.4, -0.2) is 6.21 Å². The van der Waals surface area contributed by atoms with Crippen molar-refractivity contribution in [1.82, 2.24) is 0 Å². The summed E-state index contributed by atoms with van der Waals surface area (Å²) in [6.45, 7) is 2.58. The summed E-state index contributed by atoms with van der Waals surface area (Å²) in [4.78, 5) is 0. The quantitative estimate of drug-likeness (QED) is 0.507. The van der Waals surface area contributed by atoms with Gasteiger partial charge in [-0.2, -0.15) is 5.10 Å². The molecule has 2 N–H and O–H groups in total. The molecule has 0 bridgehead atoms. The van der Waals surface area contributed by atoms with Gasteiger partial charge in [-0.1, -0.05) is 30.3 Å². The lowest BCUT2D eigenvalue weighted by atomic mass is 10.1. The Balaban J connectivity index is 2.04. The number of hydrogen-bond acceptors (Lipinski definition) is 3. The Hall–Kier alpha value is -2.29. The number of nitrogens with two attached hydrogens (primary N) is 1. The average Bonchev–Trinajstić information content (AvgIpc) is 2.41. The van der Waals surface area contributed by atoms with Gasteiger partial charge in [-0.3, -0.25) is 0 Å². The molecule has 3 heteroatoms. The largest absolute Gasteiger partial charge is 0.489 e. The zero-order valence-corrected chi connectivity index (χ0v) is 10.3. The Kier molecular flexibility index (Phi) is 3.97. The molecule has 0 saturated heterocycles. The molecule has 0 saturated carbocycles. The molecule has 0 aromatic heterocycles. The Morgan fingerprint density at radius 1 is 1.17 bits per heavy atom. The predicted octanol–water partition coefficient (Wildman–Crippen LogP) is 2.87. The normalized spacial score (nSPS) is 10.7. The maximum Gasteiger partial charge on any atom is 0.120 e. The molecule has 0 heterocycles. The molecule has 0 spiro atoms. The first kappa shape index (κ1) is 12.2. The van der Waals surface area contributed by atoms with Crippen LogP contribution in [-0.2, 0) is 6.61 Å². The van der Waals surface area contributed by atoms with Crippen LogP contribution in [0.1, 0.15) is 16.7 Å². The molecular weight excluding hydrogens is 224 g/mol. The van der Waals surface area contributed by atoms with E-state index in [1.54, 1.807) is 6.21 Å².